The van der Waals surface area contributed by atoms with E-state index >= 15 is 0 Å². The van der Waals surface area contributed by atoms with Crippen LogP contribution in [0.1, 0.15) is 13.3 Å². The lowest BCUT2D eigenvalue weighted by atomic mass is 10.5. The highest BCUT2D eigenvalue weighted by Crippen LogP contribution is 1.97. The molecular weight excluding hydrogens is 140 g/mol. The fraction of sp³-hybridized carbons (Fsp3) is 0.500. The third kappa shape index (κ3) is 3.87. The molecule has 0 N–H and O–H groups in total. The molecule has 0 aromatic carbocycles. The summed E-state index contributed by atoms with van der Waals surface area (Å²) >= 11 is 5.26. The fourth-order valence-corrected chi connectivity index (χ4v) is 0.332. The Bertz CT molecular complexity index is 136. The second kappa shape index (κ2) is 4.22. The van der Waals surface area contributed by atoms with E-state index in [9.17, 15) is 4.79 Å². The van der Waals surface area contributed by atoms with Gasteiger partial charge < -0.3 is 4.74 Å². The van der Waals surface area contributed by atoms with Crippen LogP contribution < -0.4 is 0 Å². The minimum atomic E-state index is -0.919. The van der Waals surface area contributed by atoms with E-state index in [2.05, 4.69) is 10.7 Å². The Morgan fingerprint density at radius 1 is 2.00 bits per heavy atom. The lowest BCUT2D eigenvalue weighted by Crippen LogP contribution is -2.08. The average molecular weight is 147 g/mol. The number of terminal acetylenes is 1. The zero-order valence-corrected chi connectivity index (χ0v) is 5.81. The standard InChI is InChI=1S/C6H7ClO2/c1-3-5(7)9-6(8)4-2/h1,5H,4H2,2H3. The summed E-state index contributed by atoms with van der Waals surface area (Å²) in [6.07, 6.45) is 5.11. The van der Waals surface area contributed by atoms with E-state index in [4.69, 9.17) is 18.0 Å². The Kier molecular flexibility index (Phi) is 3.90. The minimum absolute atomic E-state index is 0.297. The van der Waals surface area contributed by atoms with Gasteiger partial charge in [-0.25, -0.2) is 0 Å². The van der Waals surface area contributed by atoms with Crippen LogP contribution in [-0.2, 0) is 9.53 Å². The van der Waals surface area contributed by atoms with Crippen LogP contribution in [-0.4, -0.2) is 11.5 Å². The molecule has 1 unspecified atom stereocenters. The third-order valence-corrected chi connectivity index (χ3v) is 0.870. The highest BCUT2D eigenvalue weighted by molar-refractivity contribution is 6.21. The van der Waals surface area contributed by atoms with Gasteiger partial charge in [0.05, 0.1) is 0 Å². The molecular formula is C6H7ClO2. The van der Waals surface area contributed by atoms with Crippen molar-refractivity contribution in [1.82, 2.24) is 0 Å². The molecule has 0 aliphatic carbocycles. The van der Waals surface area contributed by atoms with Crippen LogP contribution in [0.15, 0.2) is 0 Å². The first kappa shape index (κ1) is 8.32. The summed E-state index contributed by atoms with van der Waals surface area (Å²) in [5.74, 6) is 1.67. The van der Waals surface area contributed by atoms with Crippen LogP contribution in [0.25, 0.3) is 0 Å². The summed E-state index contributed by atoms with van der Waals surface area (Å²) in [4.78, 5) is 10.4. The number of halogens is 1. The summed E-state index contributed by atoms with van der Waals surface area (Å²) in [6, 6.07) is 0. The van der Waals surface area contributed by atoms with Crippen molar-refractivity contribution in [1.29, 1.82) is 0 Å². The van der Waals surface area contributed by atoms with Gasteiger partial charge in [-0.05, 0) is 5.92 Å². The molecule has 0 aromatic rings. The monoisotopic (exact) mass is 146 g/mol. The summed E-state index contributed by atoms with van der Waals surface area (Å²) < 4.78 is 4.44. The zero-order chi connectivity index (χ0) is 7.28. The first-order valence-electron chi connectivity index (χ1n) is 2.50. The maximum Gasteiger partial charge on any atom is 0.307 e. The Morgan fingerprint density at radius 3 is 2.89 bits per heavy atom. The molecule has 0 bridgehead atoms. The molecule has 0 heterocycles. The van der Waals surface area contributed by atoms with E-state index in [1.165, 1.54) is 0 Å². The van der Waals surface area contributed by atoms with Crippen molar-refractivity contribution in [3.8, 4) is 12.3 Å². The zero-order valence-electron chi connectivity index (χ0n) is 5.06. The summed E-state index contributed by atoms with van der Waals surface area (Å²) in [6.45, 7) is 1.67. The molecule has 2 nitrogen and oxygen atoms in total. The second-order valence-electron chi connectivity index (χ2n) is 1.33. The predicted molar refractivity (Wildman–Crippen MR) is 34.9 cm³/mol. The fourth-order valence-electron chi connectivity index (χ4n) is 0.233. The van der Waals surface area contributed by atoms with E-state index in [0.29, 0.717) is 6.42 Å². The molecule has 1 atom stereocenters. The normalized spacial score (nSPS) is 11.7. The van der Waals surface area contributed by atoms with E-state index < -0.39 is 5.56 Å². The van der Waals surface area contributed by atoms with Gasteiger partial charge in [0, 0.05) is 6.42 Å². The highest BCUT2D eigenvalue weighted by atomic mass is 35.5. The van der Waals surface area contributed by atoms with Crippen LogP contribution in [0.2, 0.25) is 0 Å². The molecule has 0 aliphatic heterocycles. The topological polar surface area (TPSA) is 26.3 Å². The molecule has 3 heteroatoms. The number of ether oxygens (including phenoxy) is 1. The molecule has 0 rings (SSSR count). The van der Waals surface area contributed by atoms with Gasteiger partial charge in [-0.1, -0.05) is 18.5 Å². The maximum atomic E-state index is 10.4. The summed E-state index contributed by atoms with van der Waals surface area (Å²) in [5.41, 5.74) is -0.919. The van der Waals surface area contributed by atoms with E-state index in [0.717, 1.165) is 0 Å². The summed E-state index contributed by atoms with van der Waals surface area (Å²) in [7, 11) is 0. The van der Waals surface area contributed by atoms with Crippen LogP contribution >= 0.6 is 11.6 Å². The molecule has 0 saturated heterocycles. The van der Waals surface area contributed by atoms with Crippen molar-refractivity contribution in [2.75, 3.05) is 0 Å². The third-order valence-electron chi connectivity index (χ3n) is 0.655. The van der Waals surface area contributed by atoms with Gasteiger partial charge >= 0.3 is 5.97 Å². The van der Waals surface area contributed by atoms with Crippen molar-refractivity contribution in [3.05, 3.63) is 0 Å². The highest BCUT2D eigenvalue weighted by Gasteiger charge is 2.03. The number of carbonyl (C=O) groups excluding carboxylic acids is 1. The molecule has 50 valence electrons. The number of hydrogen-bond acceptors (Lipinski definition) is 2. The molecule has 0 aromatic heterocycles. The van der Waals surface area contributed by atoms with Crippen molar-refractivity contribution in [3.63, 3.8) is 0 Å². The minimum Gasteiger partial charge on any atom is -0.434 e. The van der Waals surface area contributed by atoms with Crippen molar-refractivity contribution >= 4 is 17.6 Å². The largest absolute Gasteiger partial charge is 0.434 e. The van der Waals surface area contributed by atoms with Gasteiger partial charge in [0.15, 0.2) is 0 Å². The molecule has 9 heavy (non-hydrogen) atoms. The van der Waals surface area contributed by atoms with Crippen molar-refractivity contribution < 1.29 is 9.53 Å². The van der Waals surface area contributed by atoms with Crippen LogP contribution in [0.4, 0.5) is 0 Å². The van der Waals surface area contributed by atoms with Crippen LogP contribution in [0, 0.1) is 12.3 Å². The first-order valence-corrected chi connectivity index (χ1v) is 2.94. The Hall–Kier alpha value is -0.680. The Labute approximate surface area is 59.1 Å². The molecule has 0 aliphatic rings. The Balaban J connectivity index is 3.50. The van der Waals surface area contributed by atoms with Crippen LogP contribution in [0.5, 0.6) is 0 Å². The predicted octanol–water partition coefficient (Wildman–Crippen LogP) is 1.14. The van der Waals surface area contributed by atoms with E-state index in [1.807, 2.05) is 0 Å². The van der Waals surface area contributed by atoms with Gasteiger partial charge in [-0.2, -0.15) is 0 Å². The quantitative estimate of drug-likeness (QED) is 0.332. The maximum absolute atomic E-state index is 10.4. The van der Waals surface area contributed by atoms with Gasteiger partial charge in [-0.3, -0.25) is 4.79 Å². The lowest BCUT2D eigenvalue weighted by molar-refractivity contribution is -0.143. The van der Waals surface area contributed by atoms with Gasteiger partial charge in [0.2, 0.25) is 5.56 Å². The summed E-state index contributed by atoms with van der Waals surface area (Å²) in [5, 5.41) is 0. The smallest absolute Gasteiger partial charge is 0.307 e. The lowest BCUT2D eigenvalue weighted by Gasteiger charge is -2.01. The molecule has 0 saturated carbocycles. The van der Waals surface area contributed by atoms with Gasteiger partial charge in [-0.15, -0.1) is 6.42 Å². The number of carbonyl (C=O) groups is 1. The SMILES string of the molecule is C#CC(Cl)OC(=O)CC. The van der Waals surface area contributed by atoms with E-state index in [-0.39, 0.29) is 5.97 Å². The first-order chi connectivity index (χ1) is 4.20. The molecule has 0 amide bonds. The number of rotatable bonds is 2. The molecule has 0 spiro atoms. The van der Waals surface area contributed by atoms with Gasteiger partial charge in [0.1, 0.15) is 0 Å². The number of hydrogen-bond donors (Lipinski definition) is 0. The van der Waals surface area contributed by atoms with Crippen molar-refractivity contribution in [2.24, 2.45) is 0 Å². The van der Waals surface area contributed by atoms with Gasteiger partial charge in [0.25, 0.3) is 0 Å². The number of esters is 1. The van der Waals surface area contributed by atoms with Crippen molar-refractivity contribution in [2.45, 2.75) is 18.9 Å². The second-order valence-corrected chi connectivity index (χ2v) is 1.72. The average Bonchev–Trinajstić information content (AvgIpc) is 1.87. The molecule has 0 radical (unpaired) electrons. The van der Waals surface area contributed by atoms with Crippen LogP contribution in [0.3, 0.4) is 0 Å². The number of alkyl halides is 1. The van der Waals surface area contributed by atoms with E-state index in [1.54, 1.807) is 6.92 Å². The Morgan fingerprint density at radius 2 is 2.56 bits per heavy atom. The molecule has 0 fully saturated rings.